The smallest absolute Gasteiger partial charge is 0.416 e. The number of benzene rings is 2. The Bertz CT molecular complexity index is 987. The highest BCUT2D eigenvalue weighted by Crippen LogP contribution is 2.33. The highest BCUT2D eigenvalue weighted by atomic mass is 19.4. The lowest BCUT2D eigenvalue weighted by molar-refractivity contribution is -0.137. The van der Waals surface area contributed by atoms with E-state index in [4.69, 9.17) is 0 Å². The van der Waals surface area contributed by atoms with Crippen LogP contribution in [0.1, 0.15) is 15.9 Å². The summed E-state index contributed by atoms with van der Waals surface area (Å²) in [7, 11) is 1.16. The van der Waals surface area contributed by atoms with E-state index in [0.717, 1.165) is 31.4 Å². The van der Waals surface area contributed by atoms with Crippen LogP contribution in [0.2, 0.25) is 0 Å². The van der Waals surface area contributed by atoms with E-state index >= 15 is 0 Å². The normalized spacial score (nSPS) is 11.4. The summed E-state index contributed by atoms with van der Waals surface area (Å²) >= 11 is 0. The van der Waals surface area contributed by atoms with Gasteiger partial charge in [0.05, 0.1) is 29.4 Å². The number of fused-ring (bicyclic) bond motifs is 1. The van der Waals surface area contributed by atoms with Gasteiger partial charge in [0.25, 0.3) is 0 Å². The summed E-state index contributed by atoms with van der Waals surface area (Å²) in [5.74, 6) is -1.37. The first-order valence-electron chi connectivity index (χ1n) is 7.40. The molecule has 1 heterocycles. The minimum absolute atomic E-state index is 0.0376. The molecule has 0 atom stereocenters. The van der Waals surface area contributed by atoms with Crippen molar-refractivity contribution in [2.45, 2.75) is 6.18 Å². The summed E-state index contributed by atoms with van der Waals surface area (Å²) in [4.78, 5) is 15.8. The first-order valence-corrected chi connectivity index (χ1v) is 7.40. The third kappa shape index (κ3) is 3.44. The predicted octanol–water partition coefficient (Wildman–Crippen LogP) is 4.92. The van der Waals surface area contributed by atoms with Crippen molar-refractivity contribution in [3.05, 3.63) is 65.6 Å². The average Bonchev–Trinajstić information content (AvgIpc) is 2.61. The summed E-state index contributed by atoms with van der Waals surface area (Å²) in [5.41, 5.74) is -0.0475. The van der Waals surface area contributed by atoms with E-state index in [1.165, 1.54) is 18.3 Å². The second-order valence-corrected chi connectivity index (χ2v) is 5.39. The minimum atomic E-state index is -4.48. The summed E-state index contributed by atoms with van der Waals surface area (Å²) < 4.78 is 56.6. The second kappa shape index (κ2) is 6.62. The number of esters is 1. The maximum Gasteiger partial charge on any atom is 0.416 e. The molecule has 3 rings (SSSR count). The van der Waals surface area contributed by atoms with Crippen molar-refractivity contribution < 1.29 is 27.1 Å². The Hall–Kier alpha value is -3.16. The van der Waals surface area contributed by atoms with Gasteiger partial charge in [0.1, 0.15) is 5.82 Å². The van der Waals surface area contributed by atoms with Crippen molar-refractivity contribution in [3.8, 4) is 0 Å². The van der Waals surface area contributed by atoms with Gasteiger partial charge in [-0.25, -0.2) is 9.18 Å². The number of anilines is 2. The number of hydrogen-bond donors (Lipinski definition) is 1. The Balaban J connectivity index is 2.06. The first kappa shape index (κ1) is 17.7. The number of methoxy groups -OCH3 is 1. The van der Waals surface area contributed by atoms with Crippen LogP contribution in [0, 0.1) is 5.82 Å². The average molecular weight is 364 g/mol. The molecule has 0 saturated carbocycles. The van der Waals surface area contributed by atoms with Gasteiger partial charge in [0.15, 0.2) is 0 Å². The van der Waals surface area contributed by atoms with E-state index in [0.29, 0.717) is 11.1 Å². The van der Waals surface area contributed by atoms with Gasteiger partial charge in [-0.3, -0.25) is 4.98 Å². The van der Waals surface area contributed by atoms with Gasteiger partial charge in [-0.15, -0.1) is 0 Å². The quantitative estimate of drug-likeness (QED) is 0.529. The molecule has 0 aliphatic carbocycles. The van der Waals surface area contributed by atoms with Gasteiger partial charge in [-0.05, 0) is 36.4 Å². The number of aromatic nitrogens is 1. The molecule has 8 heteroatoms. The molecule has 0 amide bonds. The van der Waals surface area contributed by atoms with Crippen molar-refractivity contribution in [3.63, 3.8) is 0 Å². The van der Waals surface area contributed by atoms with Crippen LogP contribution in [0.4, 0.5) is 28.9 Å². The molecule has 0 bridgehead atoms. The molecular weight excluding hydrogens is 352 g/mol. The number of nitrogens with zero attached hydrogens (tertiary/aromatic N) is 1. The minimum Gasteiger partial charge on any atom is -0.465 e. The van der Waals surface area contributed by atoms with E-state index < -0.39 is 23.5 Å². The van der Waals surface area contributed by atoms with Crippen LogP contribution in [-0.4, -0.2) is 18.1 Å². The third-order valence-corrected chi connectivity index (χ3v) is 3.73. The van der Waals surface area contributed by atoms with Gasteiger partial charge in [0.2, 0.25) is 0 Å². The number of alkyl halides is 3. The van der Waals surface area contributed by atoms with Crippen LogP contribution in [0.3, 0.4) is 0 Å². The van der Waals surface area contributed by atoms with Crippen LogP contribution in [0.25, 0.3) is 10.9 Å². The van der Waals surface area contributed by atoms with Crippen molar-refractivity contribution in [1.29, 1.82) is 0 Å². The lowest BCUT2D eigenvalue weighted by Crippen LogP contribution is -2.07. The van der Waals surface area contributed by atoms with E-state index in [-0.39, 0.29) is 16.8 Å². The number of nitrogens with one attached hydrogen (secondary N) is 1. The molecular formula is C18H12F4N2O2. The lowest BCUT2D eigenvalue weighted by Gasteiger charge is -2.14. The first-order chi connectivity index (χ1) is 12.3. The molecule has 0 aliphatic heterocycles. The SMILES string of the molecule is COC(=O)c1cc(F)ccc1Nc1ccnc2cc(C(F)(F)F)ccc12. The Labute approximate surface area is 145 Å². The van der Waals surface area contributed by atoms with Gasteiger partial charge >= 0.3 is 12.1 Å². The standard InChI is InChI=1S/C18H12F4N2O2/c1-26-17(25)13-9-11(19)3-5-14(13)24-15-6-7-23-16-8-10(18(20,21)22)2-4-12(15)16/h2-9H,1H3,(H,23,24). The highest BCUT2D eigenvalue weighted by molar-refractivity contribution is 5.99. The molecule has 134 valence electrons. The molecule has 0 saturated heterocycles. The molecule has 26 heavy (non-hydrogen) atoms. The summed E-state index contributed by atoms with van der Waals surface area (Å²) in [6, 6.07) is 8.22. The van der Waals surface area contributed by atoms with Crippen LogP contribution >= 0.6 is 0 Å². The van der Waals surface area contributed by atoms with Crippen molar-refractivity contribution >= 4 is 28.2 Å². The molecule has 4 nitrogen and oxygen atoms in total. The van der Waals surface area contributed by atoms with Crippen LogP contribution in [-0.2, 0) is 10.9 Å². The molecule has 0 spiro atoms. The summed E-state index contributed by atoms with van der Waals surface area (Å²) in [5, 5.41) is 3.34. The molecule has 2 aromatic carbocycles. The molecule has 0 radical (unpaired) electrons. The zero-order valence-electron chi connectivity index (χ0n) is 13.4. The van der Waals surface area contributed by atoms with Gasteiger partial charge in [-0.1, -0.05) is 6.07 Å². The molecule has 0 fully saturated rings. The number of halogens is 4. The Morgan fingerprint density at radius 1 is 1.08 bits per heavy atom. The van der Waals surface area contributed by atoms with E-state index in [1.807, 2.05) is 0 Å². The molecule has 3 aromatic rings. The van der Waals surface area contributed by atoms with Crippen molar-refractivity contribution in [2.24, 2.45) is 0 Å². The second-order valence-electron chi connectivity index (χ2n) is 5.39. The fraction of sp³-hybridized carbons (Fsp3) is 0.111. The molecule has 1 N–H and O–H groups in total. The van der Waals surface area contributed by atoms with Gasteiger partial charge in [0, 0.05) is 17.3 Å². The van der Waals surface area contributed by atoms with Gasteiger partial charge in [-0.2, -0.15) is 13.2 Å². The number of pyridine rings is 1. The number of carbonyl (C=O) groups excluding carboxylic acids is 1. The fourth-order valence-corrected chi connectivity index (χ4v) is 2.48. The maximum absolute atomic E-state index is 13.4. The summed E-state index contributed by atoms with van der Waals surface area (Å²) in [6.45, 7) is 0. The molecule has 0 unspecified atom stereocenters. The Kier molecular flexibility index (Phi) is 4.50. The van der Waals surface area contributed by atoms with Crippen molar-refractivity contribution in [1.82, 2.24) is 4.98 Å². The molecule has 0 aliphatic rings. The number of ether oxygens (including phenoxy) is 1. The van der Waals surface area contributed by atoms with Crippen LogP contribution in [0.5, 0.6) is 0 Å². The topological polar surface area (TPSA) is 51.2 Å². The van der Waals surface area contributed by atoms with Crippen LogP contribution < -0.4 is 5.32 Å². The maximum atomic E-state index is 13.4. The zero-order chi connectivity index (χ0) is 18.9. The molecule has 1 aromatic heterocycles. The largest absolute Gasteiger partial charge is 0.465 e. The zero-order valence-corrected chi connectivity index (χ0v) is 13.4. The lowest BCUT2D eigenvalue weighted by atomic mass is 10.1. The Morgan fingerprint density at radius 2 is 1.85 bits per heavy atom. The van der Waals surface area contributed by atoms with Crippen LogP contribution in [0.15, 0.2) is 48.7 Å². The number of carbonyl (C=O) groups is 1. The summed E-state index contributed by atoms with van der Waals surface area (Å²) in [6.07, 6.45) is -3.14. The monoisotopic (exact) mass is 364 g/mol. The fourth-order valence-electron chi connectivity index (χ4n) is 2.48. The number of hydrogen-bond acceptors (Lipinski definition) is 4. The van der Waals surface area contributed by atoms with E-state index in [2.05, 4.69) is 15.0 Å². The van der Waals surface area contributed by atoms with E-state index in [1.54, 1.807) is 6.07 Å². The highest BCUT2D eigenvalue weighted by Gasteiger charge is 2.30. The van der Waals surface area contributed by atoms with E-state index in [9.17, 15) is 22.4 Å². The number of rotatable bonds is 3. The third-order valence-electron chi connectivity index (χ3n) is 3.73. The van der Waals surface area contributed by atoms with Crippen molar-refractivity contribution in [2.75, 3.05) is 12.4 Å². The van der Waals surface area contributed by atoms with Gasteiger partial charge < -0.3 is 10.1 Å². The Morgan fingerprint density at radius 3 is 2.54 bits per heavy atom. The predicted molar refractivity (Wildman–Crippen MR) is 87.8 cm³/mol.